The zero-order valence-electron chi connectivity index (χ0n) is 15.9. The van der Waals surface area contributed by atoms with E-state index in [2.05, 4.69) is 15.9 Å². The molecule has 1 heterocycles. The van der Waals surface area contributed by atoms with E-state index in [4.69, 9.17) is 33.3 Å². The summed E-state index contributed by atoms with van der Waals surface area (Å²) in [6.07, 6.45) is 2.68. The second-order valence-electron chi connectivity index (χ2n) is 6.25. The molecule has 29 heavy (non-hydrogen) atoms. The third-order valence-electron chi connectivity index (χ3n) is 4.20. The summed E-state index contributed by atoms with van der Waals surface area (Å²) in [5.74, 6) is 1.07. The summed E-state index contributed by atoms with van der Waals surface area (Å²) < 4.78 is 12.8. The van der Waals surface area contributed by atoms with Gasteiger partial charge in [0.15, 0.2) is 11.5 Å². The van der Waals surface area contributed by atoms with Crippen LogP contribution in [0.5, 0.6) is 11.5 Å². The van der Waals surface area contributed by atoms with Crippen molar-refractivity contribution in [2.75, 3.05) is 13.7 Å². The average molecular weight is 513 g/mol. The highest BCUT2D eigenvalue weighted by atomic mass is 79.9. The molecule has 4 nitrogen and oxygen atoms in total. The number of ether oxygens (including phenoxy) is 2. The maximum Gasteiger partial charge on any atom is 0.266 e. The Morgan fingerprint density at radius 2 is 2.07 bits per heavy atom. The molecule has 0 saturated carbocycles. The van der Waals surface area contributed by atoms with Crippen LogP contribution in [0.4, 0.5) is 0 Å². The lowest BCUT2D eigenvalue weighted by molar-refractivity contribution is -0.122. The van der Waals surface area contributed by atoms with Crippen LogP contribution in [0.15, 0.2) is 45.8 Å². The van der Waals surface area contributed by atoms with Gasteiger partial charge in [-0.25, -0.2) is 0 Å². The zero-order chi connectivity index (χ0) is 21.0. The van der Waals surface area contributed by atoms with Crippen LogP contribution < -0.4 is 9.47 Å². The van der Waals surface area contributed by atoms with Crippen molar-refractivity contribution in [3.8, 4) is 11.5 Å². The van der Waals surface area contributed by atoms with Gasteiger partial charge >= 0.3 is 0 Å². The Balaban J connectivity index is 1.84. The quantitative estimate of drug-likeness (QED) is 0.321. The van der Waals surface area contributed by atoms with Crippen molar-refractivity contribution in [3.05, 3.63) is 61.9 Å². The number of hydrogen-bond donors (Lipinski definition) is 0. The highest BCUT2D eigenvalue weighted by Gasteiger charge is 2.31. The molecule has 0 aromatic heterocycles. The first-order valence-electron chi connectivity index (χ1n) is 8.93. The van der Waals surface area contributed by atoms with Gasteiger partial charge in [0, 0.05) is 17.1 Å². The van der Waals surface area contributed by atoms with Crippen LogP contribution in [-0.2, 0) is 11.4 Å². The Morgan fingerprint density at radius 1 is 1.31 bits per heavy atom. The van der Waals surface area contributed by atoms with E-state index in [0.29, 0.717) is 38.9 Å². The molecule has 0 aliphatic carbocycles. The van der Waals surface area contributed by atoms with E-state index in [1.54, 1.807) is 12.0 Å². The second kappa shape index (κ2) is 9.98. The Bertz CT molecular complexity index is 980. The highest BCUT2D eigenvalue weighted by Crippen LogP contribution is 2.39. The minimum Gasteiger partial charge on any atom is -0.493 e. The smallest absolute Gasteiger partial charge is 0.266 e. The summed E-state index contributed by atoms with van der Waals surface area (Å²) in [6.45, 7) is 2.96. The van der Waals surface area contributed by atoms with Crippen LogP contribution >= 0.6 is 51.5 Å². The van der Waals surface area contributed by atoms with E-state index in [1.165, 1.54) is 11.8 Å². The number of nitrogens with zero attached hydrogens (tertiary/aromatic N) is 1. The first kappa shape index (κ1) is 22.2. The first-order chi connectivity index (χ1) is 13.9. The molecular formula is C21H19BrClNO3S2. The Hall–Kier alpha value is -1.54. The largest absolute Gasteiger partial charge is 0.493 e. The van der Waals surface area contributed by atoms with Crippen LogP contribution in [-0.4, -0.2) is 28.8 Å². The van der Waals surface area contributed by atoms with Crippen LogP contribution in [0.25, 0.3) is 6.08 Å². The third-order valence-corrected chi connectivity index (χ3v) is 6.54. The number of benzene rings is 2. The molecule has 3 rings (SSSR count). The number of halogens is 2. The molecule has 1 amide bonds. The second-order valence-corrected chi connectivity index (χ2v) is 9.18. The number of amides is 1. The van der Waals surface area contributed by atoms with Crippen LogP contribution in [0.3, 0.4) is 0 Å². The van der Waals surface area contributed by atoms with Gasteiger partial charge in [-0.05, 0) is 52.2 Å². The topological polar surface area (TPSA) is 38.8 Å². The van der Waals surface area contributed by atoms with Gasteiger partial charge in [0.25, 0.3) is 5.91 Å². The van der Waals surface area contributed by atoms with E-state index in [0.717, 1.165) is 22.0 Å². The lowest BCUT2D eigenvalue weighted by Gasteiger charge is -2.14. The normalized spacial score (nSPS) is 15.3. The molecule has 8 heteroatoms. The summed E-state index contributed by atoms with van der Waals surface area (Å²) in [5.41, 5.74) is 1.70. The molecule has 0 spiro atoms. The molecular weight excluding hydrogens is 494 g/mol. The summed E-state index contributed by atoms with van der Waals surface area (Å²) in [7, 11) is 1.58. The molecule has 0 unspecified atom stereocenters. The van der Waals surface area contributed by atoms with E-state index < -0.39 is 0 Å². The number of methoxy groups -OCH3 is 1. The van der Waals surface area contributed by atoms with Gasteiger partial charge in [-0.3, -0.25) is 9.69 Å². The molecule has 0 atom stereocenters. The summed E-state index contributed by atoms with van der Waals surface area (Å²) >= 11 is 16.4. The number of carbonyl (C=O) groups is 1. The van der Waals surface area contributed by atoms with Gasteiger partial charge in [-0.2, -0.15) is 0 Å². The first-order valence-corrected chi connectivity index (χ1v) is 11.3. The predicted octanol–water partition coefficient (Wildman–Crippen LogP) is 6.30. The number of hydrogen-bond acceptors (Lipinski definition) is 5. The van der Waals surface area contributed by atoms with Gasteiger partial charge in [0.1, 0.15) is 10.9 Å². The predicted molar refractivity (Wildman–Crippen MR) is 127 cm³/mol. The molecule has 2 aromatic rings. The van der Waals surface area contributed by atoms with Gasteiger partial charge in [-0.1, -0.05) is 60.7 Å². The molecule has 152 valence electrons. The lowest BCUT2D eigenvalue weighted by atomic mass is 10.1. The van der Waals surface area contributed by atoms with Crippen molar-refractivity contribution in [2.24, 2.45) is 0 Å². The fourth-order valence-electron chi connectivity index (χ4n) is 2.80. The van der Waals surface area contributed by atoms with Crippen molar-refractivity contribution in [3.63, 3.8) is 0 Å². The van der Waals surface area contributed by atoms with Crippen molar-refractivity contribution >= 4 is 67.8 Å². The van der Waals surface area contributed by atoms with Gasteiger partial charge in [-0.15, -0.1) is 0 Å². The molecule has 1 aliphatic heterocycles. The molecule has 2 aromatic carbocycles. The van der Waals surface area contributed by atoms with Gasteiger partial charge < -0.3 is 9.47 Å². The Morgan fingerprint density at radius 3 is 2.76 bits per heavy atom. The van der Waals surface area contributed by atoms with Crippen molar-refractivity contribution < 1.29 is 14.3 Å². The molecule has 1 aliphatic rings. The van der Waals surface area contributed by atoms with Crippen LogP contribution in [0, 0.1) is 0 Å². The lowest BCUT2D eigenvalue weighted by Crippen LogP contribution is -2.28. The van der Waals surface area contributed by atoms with Gasteiger partial charge in [0.05, 0.1) is 16.5 Å². The molecule has 1 saturated heterocycles. The van der Waals surface area contributed by atoms with E-state index >= 15 is 0 Å². The van der Waals surface area contributed by atoms with E-state index in [1.807, 2.05) is 49.4 Å². The summed E-state index contributed by atoms with van der Waals surface area (Å²) in [6, 6.07) is 11.2. The zero-order valence-corrected chi connectivity index (χ0v) is 19.9. The number of rotatable bonds is 7. The minimum atomic E-state index is -0.0593. The summed E-state index contributed by atoms with van der Waals surface area (Å²) in [5, 5.41) is 0.647. The number of thiocarbonyl (C=S) groups is 1. The summed E-state index contributed by atoms with van der Waals surface area (Å²) in [4.78, 5) is 14.8. The highest BCUT2D eigenvalue weighted by molar-refractivity contribution is 9.10. The maximum absolute atomic E-state index is 12.6. The number of thioether (sulfide) groups is 1. The minimum absolute atomic E-state index is 0.0593. The van der Waals surface area contributed by atoms with Crippen LogP contribution in [0.2, 0.25) is 5.02 Å². The monoisotopic (exact) mass is 511 g/mol. The maximum atomic E-state index is 12.6. The third kappa shape index (κ3) is 5.15. The van der Waals surface area contributed by atoms with E-state index in [9.17, 15) is 4.79 Å². The number of carbonyl (C=O) groups excluding carboxylic acids is 1. The van der Waals surface area contributed by atoms with Crippen molar-refractivity contribution in [1.29, 1.82) is 0 Å². The standard InChI is InChI=1S/C21H19BrClNO3S2/c1-3-8-24-20(25)18(29-21(24)28)11-13-9-15(22)19(17(10-13)26-2)27-12-14-6-4-5-7-16(14)23/h4-7,9-11H,3,8,12H2,1-2H3/b18-11-. The SMILES string of the molecule is CCCN1C(=O)/C(=C/c2cc(Br)c(OCc3ccccc3Cl)c(OC)c2)SC1=S. The van der Waals surface area contributed by atoms with Crippen molar-refractivity contribution in [1.82, 2.24) is 4.90 Å². The fourth-order valence-corrected chi connectivity index (χ4v) is 4.87. The molecule has 0 N–H and O–H groups in total. The van der Waals surface area contributed by atoms with E-state index in [-0.39, 0.29) is 5.91 Å². The van der Waals surface area contributed by atoms with Crippen molar-refractivity contribution in [2.45, 2.75) is 20.0 Å². The fraction of sp³-hybridized carbons (Fsp3) is 0.238. The Kier molecular flexibility index (Phi) is 7.62. The average Bonchev–Trinajstić information content (AvgIpc) is 2.95. The molecule has 1 fully saturated rings. The Labute approximate surface area is 193 Å². The molecule has 0 radical (unpaired) electrons. The van der Waals surface area contributed by atoms with Crippen LogP contribution in [0.1, 0.15) is 24.5 Å². The molecule has 0 bridgehead atoms. The van der Waals surface area contributed by atoms with Gasteiger partial charge in [0.2, 0.25) is 0 Å².